The average molecular weight is 292 g/mol. The van der Waals surface area contributed by atoms with Gasteiger partial charge in [0.05, 0.1) is 18.6 Å². The molecule has 2 aliphatic carbocycles. The van der Waals surface area contributed by atoms with Crippen LogP contribution in [-0.4, -0.2) is 50.2 Å². The molecular weight excluding hydrogens is 264 g/mol. The standard InChI is InChI=1S/C17H28N2O2/c1-13-16(2,3)14-4-5-17(13,12-14)15(20)18-6-7-19-8-10-21-11-9-19/h14H,1,4-12H2,2-3H3,(H,18,20)/t14-,17+/m1/s1. The van der Waals surface area contributed by atoms with Crippen LogP contribution in [0.15, 0.2) is 12.2 Å². The summed E-state index contributed by atoms with van der Waals surface area (Å²) >= 11 is 0. The number of rotatable bonds is 4. The van der Waals surface area contributed by atoms with E-state index in [9.17, 15) is 4.79 Å². The SMILES string of the molecule is C=C1C(C)(C)[C@@H]2CC[C@]1(C(=O)NCCN1CCOCC1)C2. The molecule has 3 fully saturated rings. The highest BCUT2D eigenvalue weighted by atomic mass is 16.5. The third kappa shape index (κ3) is 2.42. The lowest BCUT2D eigenvalue weighted by atomic mass is 9.68. The Labute approximate surface area is 127 Å². The molecule has 3 aliphatic rings. The van der Waals surface area contributed by atoms with Gasteiger partial charge in [0.1, 0.15) is 0 Å². The van der Waals surface area contributed by atoms with Gasteiger partial charge in [-0.25, -0.2) is 0 Å². The molecule has 2 saturated carbocycles. The molecule has 4 heteroatoms. The molecule has 0 aromatic heterocycles. The van der Waals surface area contributed by atoms with E-state index in [1.165, 1.54) is 6.42 Å². The molecule has 3 rings (SSSR count). The maximum Gasteiger partial charge on any atom is 0.230 e. The van der Waals surface area contributed by atoms with Gasteiger partial charge in [0.25, 0.3) is 0 Å². The normalized spacial score (nSPS) is 35.1. The van der Waals surface area contributed by atoms with Gasteiger partial charge in [0, 0.05) is 26.2 Å². The first-order valence-corrected chi connectivity index (χ1v) is 8.25. The minimum absolute atomic E-state index is 0.125. The summed E-state index contributed by atoms with van der Waals surface area (Å²) < 4.78 is 5.34. The molecule has 0 unspecified atom stereocenters. The monoisotopic (exact) mass is 292 g/mol. The van der Waals surface area contributed by atoms with Crippen molar-refractivity contribution in [2.45, 2.75) is 33.1 Å². The van der Waals surface area contributed by atoms with Crippen LogP contribution in [0.5, 0.6) is 0 Å². The van der Waals surface area contributed by atoms with E-state index in [1.807, 2.05) is 0 Å². The molecule has 21 heavy (non-hydrogen) atoms. The molecule has 1 heterocycles. The molecule has 1 amide bonds. The first kappa shape index (κ1) is 15.0. The topological polar surface area (TPSA) is 41.6 Å². The number of amides is 1. The van der Waals surface area contributed by atoms with Crippen LogP contribution in [0.3, 0.4) is 0 Å². The summed E-state index contributed by atoms with van der Waals surface area (Å²) in [6.45, 7) is 14.0. The van der Waals surface area contributed by atoms with Gasteiger partial charge in [-0.1, -0.05) is 26.0 Å². The van der Waals surface area contributed by atoms with E-state index in [1.54, 1.807) is 0 Å². The Morgan fingerprint density at radius 1 is 1.43 bits per heavy atom. The summed E-state index contributed by atoms with van der Waals surface area (Å²) in [7, 11) is 0. The number of carbonyl (C=O) groups excluding carboxylic acids is 1. The number of nitrogens with one attached hydrogen (secondary N) is 1. The van der Waals surface area contributed by atoms with Crippen molar-refractivity contribution in [1.82, 2.24) is 10.2 Å². The van der Waals surface area contributed by atoms with E-state index in [0.29, 0.717) is 5.92 Å². The van der Waals surface area contributed by atoms with Crippen molar-refractivity contribution >= 4 is 5.91 Å². The number of nitrogens with zero attached hydrogens (tertiary/aromatic N) is 1. The summed E-state index contributed by atoms with van der Waals surface area (Å²) in [5.74, 6) is 0.851. The first-order chi connectivity index (χ1) is 9.97. The summed E-state index contributed by atoms with van der Waals surface area (Å²) in [5.41, 5.74) is 1.01. The van der Waals surface area contributed by atoms with Crippen LogP contribution in [-0.2, 0) is 9.53 Å². The number of morpholine rings is 1. The van der Waals surface area contributed by atoms with Crippen LogP contribution < -0.4 is 5.32 Å². The molecule has 1 saturated heterocycles. The fraction of sp³-hybridized carbons (Fsp3) is 0.824. The molecular formula is C17H28N2O2. The number of carbonyl (C=O) groups is 1. The maximum atomic E-state index is 12.7. The highest BCUT2D eigenvalue weighted by Crippen LogP contribution is 2.65. The minimum Gasteiger partial charge on any atom is -0.379 e. The third-order valence-corrected chi connectivity index (χ3v) is 6.14. The zero-order chi connectivity index (χ0) is 15.1. The second-order valence-electron chi connectivity index (χ2n) is 7.43. The smallest absolute Gasteiger partial charge is 0.230 e. The van der Waals surface area contributed by atoms with Gasteiger partial charge in [0.15, 0.2) is 0 Å². The Bertz CT molecular complexity index is 440. The number of ether oxygens (including phenoxy) is 1. The van der Waals surface area contributed by atoms with Crippen molar-refractivity contribution in [2.75, 3.05) is 39.4 Å². The predicted molar refractivity (Wildman–Crippen MR) is 83.0 cm³/mol. The van der Waals surface area contributed by atoms with Crippen LogP contribution in [0.25, 0.3) is 0 Å². The first-order valence-electron chi connectivity index (χ1n) is 8.25. The van der Waals surface area contributed by atoms with E-state index in [-0.39, 0.29) is 16.7 Å². The Balaban J connectivity index is 1.55. The molecule has 4 nitrogen and oxygen atoms in total. The fourth-order valence-corrected chi connectivity index (χ4v) is 4.46. The average Bonchev–Trinajstić information content (AvgIpc) is 3.00. The predicted octanol–water partition coefficient (Wildman–Crippen LogP) is 1.82. The van der Waals surface area contributed by atoms with Gasteiger partial charge < -0.3 is 10.1 Å². The van der Waals surface area contributed by atoms with E-state index in [0.717, 1.165) is 57.8 Å². The van der Waals surface area contributed by atoms with E-state index >= 15 is 0 Å². The number of hydrogen-bond acceptors (Lipinski definition) is 3. The van der Waals surface area contributed by atoms with Gasteiger partial charge >= 0.3 is 0 Å². The lowest BCUT2D eigenvalue weighted by Crippen LogP contribution is -2.45. The zero-order valence-electron chi connectivity index (χ0n) is 13.4. The van der Waals surface area contributed by atoms with Gasteiger partial charge in [-0.2, -0.15) is 0 Å². The quantitative estimate of drug-likeness (QED) is 0.804. The highest BCUT2D eigenvalue weighted by molar-refractivity contribution is 5.87. The molecule has 118 valence electrons. The molecule has 1 aliphatic heterocycles. The van der Waals surface area contributed by atoms with Gasteiger partial charge in [0.2, 0.25) is 5.91 Å². The Morgan fingerprint density at radius 3 is 2.76 bits per heavy atom. The highest BCUT2D eigenvalue weighted by Gasteiger charge is 2.60. The summed E-state index contributed by atoms with van der Waals surface area (Å²) in [4.78, 5) is 15.1. The molecule has 0 radical (unpaired) electrons. The van der Waals surface area contributed by atoms with Crippen LogP contribution >= 0.6 is 0 Å². The molecule has 0 aromatic carbocycles. The van der Waals surface area contributed by atoms with Crippen molar-refractivity contribution in [1.29, 1.82) is 0 Å². The van der Waals surface area contributed by atoms with Crippen molar-refractivity contribution in [3.8, 4) is 0 Å². The summed E-state index contributed by atoms with van der Waals surface area (Å²) in [6, 6.07) is 0. The molecule has 2 atom stereocenters. The summed E-state index contributed by atoms with van der Waals surface area (Å²) in [6.07, 6.45) is 3.16. The van der Waals surface area contributed by atoms with Crippen molar-refractivity contribution in [2.24, 2.45) is 16.7 Å². The van der Waals surface area contributed by atoms with E-state index < -0.39 is 0 Å². The number of fused-ring (bicyclic) bond motifs is 2. The van der Waals surface area contributed by atoms with Gasteiger partial charge in [-0.15, -0.1) is 0 Å². The zero-order valence-corrected chi connectivity index (χ0v) is 13.4. The Morgan fingerprint density at radius 2 is 2.14 bits per heavy atom. The number of hydrogen-bond donors (Lipinski definition) is 1. The van der Waals surface area contributed by atoms with Gasteiger partial charge in [-0.3, -0.25) is 9.69 Å². The van der Waals surface area contributed by atoms with Crippen molar-refractivity contribution < 1.29 is 9.53 Å². The van der Waals surface area contributed by atoms with Crippen LogP contribution in [0.4, 0.5) is 0 Å². The molecule has 0 spiro atoms. The molecule has 1 N–H and O–H groups in total. The fourth-order valence-electron chi connectivity index (χ4n) is 4.46. The van der Waals surface area contributed by atoms with Crippen molar-refractivity contribution in [3.63, 3.8) is 0 Å². The second kappa shape index (κ2) is 5.40. The summed E-state index contributed by atoms with van der Waals surface area (Å²) in [5, 5.41) is 3.18. The second-order valence-corrected chi connectivity index (χ2v) is 7.43. The van der Waals surface area contributed by atoms with Crippen LogP contribution in [0.1, 0.15) is 33.1 Å². The minimum atomic E-state index is -0.279. The maximum absolute atomic E-state index is 12.7. The third-order valence-electron chi connectivity index (χ3n) is 6.14. The van der Waals surface area contributed by atoms with Crippen LogP contribution in [0, 0.1) is 16.7 Å². The Kier molecular flexibility index (Phi) is 3.87. The van der Waals surface area contributed by atoms with E-state index in [2.05, 4.69) is 30.6 Å². The van der Waals surface area contributed by atoms with E-state index in [4.69, 9.17) is 4.74 Å². The molecule has 2 bridgehead atoms. The Hall–Kier alpha value is -0.870. The largest absolute Gasteiger partial charge is 0.379 e. The lowest BCUT2D eigenvalue weighted by molar-refractivity contribution is -0.128. The molecule has 0 aromatic rings. The van der Waals surface area contributed by atoms with Crippen molar-refractivity contribution in [3.05, 3.63) is 12.2 Å². The lowest BCUT2D eigenvalue weighted by Gasteiger charge is -2.37. The van der Waals surface area contributed by atoms with Gasteiger partial charge in [-0.05, 0) is 30.6 Å². The van der Waals surface area contributed by atoms with Crippen LogP contribution in [0.2, 0.25) is 0 Å².